The van der Waals surface area contributed by atoms with Crippen LogP contribution in [0.1, 0.15) is 33.6 Å². The quantitative estimate of drug-likeness (QED) is 0.826. The largest absolute Gasteiger partial charge is 0.374 e. The Morgan fingerprint density at radius 1 is 1.44 bits per heavy atom. The van der Waals surface area contributed by atoms with Crippen molar-refractivity contribution in [2.45, 2.75) is 43.5 Å². The molecule has 16 heavy (non-hydrogen) atoms. The van der Waals surface area contributed by atoms with Crippen molar-refractivity contribution in [1.82, 2.24) is 14.9 Å². The van der Waals surface area contributed by atoms with E-state index < -0.39 is 15.6 Å². The van der Waals surface area contributed by atoms with Gasteiger partial charge in [0.1, 0.15) is 0 Å². The number of hydrogen-bond donors (Lipinski definition) is 2. The summed E-state index contributed by atoms with van der Waals surface area (Å²) in [6.07, 6.45) is 1.65. The Labute approximate surface area is 99.3 Å². The molecule has 0 fully saturated rings. The normalized spacial score (nSPS) is 12.9. The van der Waals surface area contributed by atoms with Gasteiger partial charge in [-0.05, 0) is 20.3 Å². The number of nitrogens with zero attached hydrogens (tertiary/aromatic N) is 2. The second-order valence-corrected chi connectivity index (χ2v) is 7.01. The second-order valence-electron chi connectivity index (χ2n) is 4.15. The minimum Gasteiger partial charge on any atom is -0.374 e. The van der Waals surface area contributed by atoms with Crippen molar-refractivity contribution >= 4 is 26.5 Å². The lowest BCUT2D eigenvalue weighted by atomic mass is 10.0. The van der Waals surface area contributed by atoms with E-state index >= 15 is 0 Å². The molecule has 0 amide bonds. The molecule has 0 bridgehead atoms. The lowest BCUT2D eigenvalue weighted by Gasteiger charge is -2.24. The predicted octanol–water partition coefficient (Wildman–Crippen LogP) is 0.977. The van der Waals surface area contributed by atoms with Gasteiger partial charge in [0.2, 0.25) is 9.47 Å². The summed E-state index contributed by atoms with van der Waals surface area (Å²) in [6, 6.07) is 0. The summed E-state index contributed by atoms with van der Waals surface area (Å²) in [5, 5.41) is 7.16. The number of hydrogen-bond acceptors (Lipinski definition) is 6. The second kappa shape index (κ2) is 4.64. The molecule has 3 N–H and O–H groups in total. The van der Waals surface area contributed by atoms with Gasteiger partial charge in [0.05, 0.1) is 0 Å². The molecule has 0 aromatic carbocycles. The fourth-order valence-electron chi connectivity index (χ4n) is 1.41. The van der Waals surface area contributed by atoms with E-state index in [1.54, 1.807) is 0 Å². The summed E-state index contributed by atoms with van der Waals surface area (Å²) in [5.41, 5.74) is 4.86. The van der Waals surface area contributed by atoms with Gasteiger partial charge in [-0.1, -0.05) is 24.7 Å². The maximum Gasteiger partial charge on any atom is 0.270 e. The molecule has 0 radical (unpaired) electrons. The van der Waals surface area contributed by atoms with Gasteiger partial charge >= 0.3 is 0 Å². The third-order valence-corrected chi connectivity index (χ3v) is 4.76. The van der Waals surface area contributed by atoms with Crippen LogP contribution in [-0.2, 0) is 10.0 Å². The maximum absolute atomic E-state index is 11.9. The van der Waals surface area contributed by atoms with Gasteiger partial charge in [-0.25, -0.2) is 13.1 Å². The van der Waals surface area contributed by atoms with Gasteiger partial charge in [-0.15, -0.1) is 10.2 Å². The summed E-state index contributed by atoms with van der Waals surface area (Å²) < 4.78 is 26.3. The predicted molar refractivity (Wildman–Crippen MR) is 63.6 cm³/mol. The van der Waals surface area contributed by atoms with Gasteiger partial charge in [0, 0.05) is 5.54 Å². The average Bonchev–Trinajstić information content (AvgIpc) is 2.49. The molecule has 0 aliphatic carbocycles. The summed E-state index contributed by atoms with van der Waals surface area (Å²) in [4.78, 5) is 0. The molecule has 0 aliphatic heterocycles. The van der Waals surface area contributed by atoms with Crippen LogP contribution < -0.4 is 10.5 Å². The molecule has 0 saturated carbocycles. The van der Waals surface area contributed by atoms with Crippen molar-refractivity contribution in [1.29, 1.82) is 0 Å². The first-order valence-corrected chi connectivity index (χ1v) is 7.20. The molecule has 0 atom stereocenters. The van der Waals surface area contributed by atoms with Crippen LogP contribution in [0.25, 0.3) is 0 Å². The van der Waals surface area contributed by atoms with E-state index in [4.69, 9.17) is 5.73 Å². The monoisotopic (exact) mass is 264 g/mol. The van der Waals surface area contributed by atoms with Gasteiger partial charge in [-0.2, -0.15) is 0 Å². The number of nitrogens with two attached hydrogens (primary N) is 1. The van der Waals surface area contributed by atoms with Crippen molar-refractivity contribution in [3.05, 3.63) is 0 Å². The topological polar surface area (TPSA) is 98.0 Å². The van der Waals surface area contributed by atoms with Crippen molar-refractivity contribution in [2.75, 3.05) is 5.73 Å². The molecular weight excluding hydrogens is 248 g/mol. The molecule has 1 aromatic rings. The number of sulfonamides is 1. The van der Waals surface area contributed by atoms with Gasteiger partial charge in [0.25, 0.3) is 10.0 Å². The zero-order chi connectivity index (χ0) is 12.4. The molecule has 1 rings (SSSR count). The van der Waals surface area contributed by atoms with Gasteiger partial charge < -0.3 is 5.73 Å². The Bertz CT molecular complexity index is 452. The molecule has 0 unspecified atom stereocenters. The van der Waals surface area contributed by atoms with E-state index in [9.17, 15) is 8.42 Å². The summed E-state index contributed by atoms with van der Waals surface area (Å²) in [7, 11) is -3.60. The van der Waals surface area contributed by atoms with E-state index in [0.717, 1.165) is 24.2 Å². The molecule has 92 valence electrons. The molecular formula is C8H16N4O2S2. The van der Waals surface area contributed by atoms with E-state index in [1.165, 1.54) is 0 Å². The van der Waals surface area contributed by atoms with Crippen LogP contribution in [0, 0.1) is 0 Å². The summed E-state index contributed by atoms with van der Waals surface area (Å²) in [6.45, 7) is 5.66. The highest BCUT2D eigenvalue weighted by Gasteiger charge is 2.28. The van der Waals surface area contributed by atoms with Crippen LogP contribution >= 0.6 is 11.3 Å². The number of nitrogens with one attached hydrogen (secondary N) is 1. The Kier molecular flexibility index (Phi) is 3.87. The van der Waals surface area contributed by atoms with Crippen LogP contribution in [0.3, 0.4) is 0 Å². The summed E-state index contributed by atoms with van der Waals surface area (Å²) >= 11 is 0.859. The number of aromatic nitrogens is 2. The smallest absolute Gasteiger partial charge is 0.270 e. The fraction of sp³-hybridized carbons (Fsp3) is 0.750. The van der Waals surface area contributed by atoms with Crippen molar-refractivity contribution in [2.24, 2.45) is 0 Å². The first kappa shape index (κ1) is 13.3. The third-order valence-electron chi connectivity index (χ3n) is 1.94. The number of anilines is 1. The number of rotatable bonds is 5. The number of nitrogen functional groups attached to an aromatic ring is 1. The average molecular weight is 264 g/mol. The van der Waals surface area contributed by atoms with E-state index in [-0.39, 0.29) is 9.47 Å². The zero-order valence-electron chi connectivity index (χ0n) is 9.52. The van der Waals surface area contributed by atoms with Crippen LogP contribution in [0.15, 0.2) is 4.34 Å². The third kappa shape index (κ3) is 3.39. The van der Waals surface area contributed by atoms with Crippen molar-refractivity contribution in [3.63, 3.8) is 0 Å². The Balaban J connectivity index is 2.88. The first-order valence-electron chi connectivity index (χ1n) is 4.90. The minimum atomic E-state index is -3.60. The lowest BCUT2D eigenvalue weighted by molar-refractivity contribution is 0.417. The highest BCUT2D eigenvalue weighted by Crippen LogP contribution is 2.20. The van der Waals surface area contributed by atoms with Crippen LogP contribution in [0.5, 0.6) is 0 Å². The Hall–Kier alpha value is -0.730. The van der Waals surface area contributed by atoms with E-state index in [0.29, 0.717) is 0 Å². The highest BCUT2D eigenvalue weighted by molar-refractivity contribution is 7.91. The van der Waals surface area contributed by atoms with Gasteiger partial charge in [-0.3, -0.25) is 0 Å². The van der Waals surface area contributed by atoms with Gasteiger partial charge in [0.15, 0.2) is 0 Å². The SMILES string of the molecule is CCCC(C)(C)NS(=O)(=O)c1nnc(N)s1. The maximum atomic E-state index is 11.9. The van der Waals surface area contributed by atoms with Crippen molar-refractivity contribution in [3.8, 4) is 0 Å². The fourth-order valence-corrected chi connectivity index (χ4v) is 3.64. The molecule has 0 aliphatic rings. The standard InChI is InChI=1S/C8H16N4O2S2/c1-4-5-8(2,3)12-16(13,14)7-11-10-6(9)15-7/h12H,4-5H2,1-3H3,(H2,9,10). The summed E-state index contributed by atoms with van der Waals surface area (Å²) in [5.74, 6) is 0. The van der Waals surface area contributed by atoms with Crippen LogP contribution in [0.2, 0.25) is 0 Å². The molecule has 6 nitrogen and oxygen atoms in total. The van der Waals surface area contributed by atoms with E-state index in [2.05, 4.69) is 14.9 Å². The van der Waals surface area contributed by atoms with Crippen molar-refractivity contribution < 1.29 is 8.42 Å². The Morgan fingerprint density at radius 3 is 2.50 bits per heavy atom. The molecule has 0 saturated heterocycles. The lowest BCUT2D eigenvalue weighted by Crippen LogP contribution is -2.43. The first-order chi connectivity index (χ1) is 7.27. The molecule has 8 heteroatoms. The Morgan fingerprint density at radius 2 is 2.06 bits per heavy atom. The van der Waals surface area contributed by atoms with Crippen LogP contribution in [-0.4, -0.2) is 24.2 Å². The molecule has 1 heterocycles. The van der Waals surface area contributed by atoms with Crippen LogP contribution in [0.4, 0.5) is 5.13 Å². The minimum absolute atomic E-state index is 0.0887. The highest BCUT2D eigenvalue weighted by atomic mass is 32.2. The zero-order valence-corrected chi connectivity index (χ0v) is 11.2. The molecule has 0 spiro atoms. The molecule has 1 aromatic heterocycles. The van der Waals surface area contributed by atoms with E-state index in [1.807, 2.05) is 20.8 Å².